The summed E-state index contributed by atoms with van der Waals surface area (Å²) in [5, 5.41) is 3.19. The normalized spacial score (nSPS) is 11.5. The Bertz CT molecular complexity index is 713. The smallest absolute Gasteiger partial charge is 0.263 e. The second kappa shape index (κ2) is 6.74. The molecule has 0 atom stereocenters. The Morgan fingerprint density at radius 3 is 2.36 bits per heavy atom. The lowest BCUT2D eigenvalue weighted by Crippen LogP contribution is -2.14. The molecule has 2 aromatic rings. The van der Waals surface area contributed by atoms with Gasteiger partial charge in [-0.1, -0.05) is 13.8 Å². The second-order valence-electron chi connectivity index (χ2n) is 5.27. The van der Waals surface area contributed by atoms with Crippen molar-refractivity contribution in [3.63, 3.8) is 0 Å². The number of halogens is 1. The second-order valence-corrected chi connectivity index (χ2v) is 6.95. The molecule has 0 aliphatic heterocycles. The summed E-state index contributed by atoms with van der Waals surface area (Å²) < 4.78 is 39.4. The molecule has 0 amide bonds. The summed E-state index contributed by atoms with van der Waals surface area (Å²) in [6.45, 7) is 4.99. The molecular formula is C15H18FN3O2S. The molecule has 0 aliphatic carbocycles. The summed E-state index contributed by atoms with van der Waals surface area (Å²) in [7, 11) is -3.77. The first-order valence-electron chi connectivity index (χ1n) is 6.85. The van der Waals surface area contributed by atoms with E-state index in [4.69, 9.17) is 0 Å². The highest BCUT2D eigenvalue weighted by Crippen LogP contribution is 2.16. The lowest BCUT2D eigenvalue weighted by atomic mass is 10.2. The molecule has 118 valence electrons. The Balaban J connectivity index is 2.08. The van der Waals surface area contributed by atoms with Crippen molar-refractivity contribution >= 4 is 21.5 Å². The molecule has 22 heavy (non-hydrogen) atoms. The Labute approximate surface area is 129 Å². The minimum absolute atomic E-state index is 0.0160. The van der Waals surface area contributed by atoms with Crippen molar-refractivity contribution in [3.05, 3.63) is 48.4 Å². The zero-order valence-corrected chi connectivity index (χ0v) is 13.2. The van der Waals surface area contributed by atoms with Crippen LogP contribution in [0, 0.1) is 11.7 Å². The van der Waals surface area contributed by atoms with Crippen molar-refractivity contribution in [2.75, 3.05) is 16.6 Å². The van der Waals surface area contributed by atoms with E-state index in [0.29, 0.717) is 5.92 Å². The monoisotopic (exact) mass is 323 g/mol. The van der Waals surface area contributed by atoms with E-state index in [2.05, 4.69) is 28.9 Å². The first-order valence-corrected chi connectivity index (χ1v) is 8.33. The number of aromatic nitrogens is 1. The number of anilines is 2. The number of nitrogens with one attached hydrogen (secondary N) is 2. The van der Waals surface area contributed by atoms with E-state index in [0.717, 1.165) is 24.4 Å². The average Bonchev–Trinajstić information content (AvgIpc) is 2.46. The van der Waals surface area contributed by atoms with Gasteiger partial charge in [0.15, 0.2) is 0 Å². The number of hydrogen-bond donors (Lipinski definition) is 2. The summed E-state index contributed by atoms with van der Waals surface area (Å²) >= 11 is 0. The van der Waals surface area contributed by atoms with Gasteiger partial charge in [-0.05, 0) is 42.3 Å². The van der Waals surface area contributed by atoms with Gasteiger partial charge in [-0.2, -0.15) is 0 Å². The van der Waals surface area contributed by atoms with Gasteiger partial charge in [-0.15, -0.1) is 0 Å². The van der Waals surface area contributed by atoms with Crippen LogP contribution in [-0.4, -0.2) is 19.9 Å². The van der Waals surface area contributed by atoms with Gasteiger partial charge in [0.2, 0.25) is 0 Å². The molecule has 1 aromatic heterocycles. The third-order valence-electron chi connectivity index (χ3n) is 2.84. The molecule has 2 rings (SSSR count). The van der Waals surface area contributed by atoms with E-state index in [-0.39, 0.29) is 10.7 Å². The van der Waals surface area contributed by atoms with Crippen molar-refractivity contribution in [1.82, 2.24) is 4.98 Å². The van der Waals surface area contributed by atoms with E-state index in [9.17, 15) is 12.8 Å². The quantitative estimate of drug-likeness (QED) is 0.857. The first kappa shape index (κ1) is 16.2. The fourth-order valence-electron chi connectivity index (χ4n) is 1.69. The maximum atomic E-state index is 12.8. The highest BCUT2D eigenvalue weighted by molar-refractivity contribution is 7.92. The first-order chi connectivity index (χ1) is 10.4. The number of hydrogen-bond acceptors (Lipinski definition) is 4. The molecule has 7 heteroatoms. The van der Waals surface area contributed by atoms with Crippen LogP contribution in [0.25, 0.3) is 0 Å². The lowest BCUT2D eigenvalue weighted by Gasteiger charge is -2.10. The maximum absolute atomic E-state index is 12.8. The van der Waals surface area contributed by atoms with Crippen LogP contribution in [0.2, 0.25) is 0 Å². The summed E-state index contributed by atoms with van der Waals surface area (Å²) in [5.41, 5.74) is 0.818. The van der Waals surface area contributed by atoms with E-state index in [1.807, 2.05) is 0 Å². The van der Waals surface area contributed by atoms with Crippen molar-refractivity contribution in [3.8, 4) is 0 Å². The van der Waals surface area contributed by atoms with Gasteiger partial charge < -0.3 is 5.32 Å². The summed E-state index contributed by atoms with van der Waals surface area (Å²) in [6.07, 6.45) is 1.56. The van der Waals surface area contributed by atoms with Crippen LogP contribution in [0.5, 0.6) is 0 Å². The molecule has 0 saturated heterocycles. The van der Waals surface area contributed by atoms with Crippen molar-refractivity contribution < 1.29 is 12.8 Å². The molecule has 0 bridgehead atoms. The van der Waals surface area contributed by atoms with Crippen LogP contribution in [0.1, 0.15) is 13.8 Å². The molecule has 0 spiro atoms. The summed E-state index contributed by atoms with van der Waals surface area (Å²) in [6, 6.07) is 7.93. The van der Waals surface area contributed by atoms with Gasteiger partial charge in [0, 0.05) is 6.54 Å². The fraction of sp³-hybridized carbons (Fsp3) is 0.267. The lowest BCUT2D eigenvalue weighted by molar-refractivity contribution is 0.599. The van der Waals surface area contributed by atoms with Gasteiger partial charge >= 0.3 is 0 Å². The SMILES string of the molecule is CC(C)CNc1ccc(NS(=O)(=O)c2ccc(F)cc2)nc1. The number of rotatable bonds is 6. The Morgan fingerprint density at radius 2 is 1.82 bits per heavy atom. The van der Waals surface area contributed by atoms with Crippen LogP contribution < -0.4 is 10.0 Å². The minimum Gasteiger partial charge on any atom is -0.384 e. The fourth-order valence-corrected chi connectivity index (χ4v) is 2.70. The zero-order valence-electron chi connectivity index (χ0n) is 12.4. The Hall–Kier alpha value is -2.15. The number of sulfonamides is 1. The number of benzene rings is 1. The predicted octanol–water partition coefficient (Wildman–Crippen LogP) is 3.09. The molecular weight excluding hydrogens is 305 g/mol. The molecule has 0 fully saturated rings. The molecule has 0 unspecified atom stereocenters. The summed E-state index contributed by atoms with van der Waals surface area (Å²) in [5.74, 6) is 0.216. The topological polar surface area (TPSA) is 71.1 Å². The molecule has 0 aliphatic rings. The van der Waals surface area contributed by atoms with Gasteiger partial charge in [0.1, 0.15) is 11.6 Å². The average molecular weight is 323 g/mol. The van der Waals surface area contributed by atoms with E-state index in [1.165, 1.54) is 12.1 Å². The molecule has 5 nitrogen and oxygen atoms in total. The van der Waals surface area contributed by atoms with Crippen molar-refractivity contribution in [1.29, 1.82) is 0 Å². The van der Waals surface area contributed by atoms with Crippen molar-refractivity contribution in [2.45, 2.75) is 18.7 Å². The van der Waals surface area contributed by atoms with Crippen LogP contribution in [-0.2, 0) is 10.0 Å². The molecule has 1 aromatic carbocycles. The number of pyridine rings is 1. The van der Waals surface area contributed by atoms with Crippen molar-refractivity contribution in [2.24, 2.45) is 5.92 Å². The van der Waals surface area contributed by atoms with E-state index >= 15 is 0 Å². The third kappa shape index (κ3) is 4.42. The molecule has 2 N–H and O–H groups in total. The Kier molecular flexibility index (Phi) is 4.97. The van der Waals surface area contributed by atoms with E-state index in [1.54, 1.807) is 18.3 Å². The van der Waals surface area contributed by atoms with Gasteiger partial charge in [-0.3, -0.25) is 4.72 Å². The minimum atomic E-state index is -3.77. The van der Waals surface area contributed by atoms with Crippen LogP contribution >= 0.6 is 0 Å². The standard InChI is InChI=1S/C15H18FN3O2S/c1-11(2)9-17-13-5-8-15(18-10-13)19-22(20,21)14-6-3-12(16)4-7-14/h3-8,10-11,17H,9H2,1-2H3,(H,18,19). The zero-order chi connectivity index (χ0) is 16.2. The Morgan fingerprint density at radius 1 is 1.14 bits per heavy atom. The molecule has 1 heterocycles. The van der Waals surface area contributed by atoms with Gasteiger partial charge in [-0.25, -0.2) is 17.8 Å². The van der Waals surface area contributed by atoms with Crippen LogP contribution in [0.3, 0.4) is 0 Å². The highest BCUT2D eigenvalue weighted by Gasteiger charge is 2.14. The largest absolute Gasteiger partial charge is 0.384 e. The van der Waals surface area contributed by atoms with Gasteiger partial charge in [0.05, 0.1) is 16.8 Å². The van der Waals surface area contributed by atoms with Gasteiger partial charge in [0.25, 0.3) is 10.0 Å². The highest BCUT2D eigenvalue weighted by atomic mass is 32.2. The number of nitrogens with zero attached hydrogens (tertiary/aromatic N) is 1. The summed E-state index contributed by atoms with van der Waals surface area (Å²) in [4.78, 5) is 4.04. The third-order valence-corrected chi connectivity index (χ3v) is 4.21. The molecule has 0 saturated carbocycles. The van der Waals surface area contributed by atoms with E-state index < -0.39 is 15.8 Å². The predicted molar refractivity (Wildman–Crippen MR) is 84.8 cm³/mol. The van der Waals surface area contributed by atoms with Crippen LogP contribution in [0.4, 0.5) is 15.9 Å². The maximum Gasteiger partial charge on any atom is 0.263 e. The molecule has 0 radical (unpaired) electrons. The van der Waals surface area contributed by atoms with Crippen LogP contribution in [0.15, 0.2) is 47.5 Å².